The Morgan fingerprint density at radius 3 is 2.50 bits per heavy atom. The predicted octanol–water partition coefficient (Wildman–Crippen LogP) is 3.04. The lowest BCUT2D eigenvalue weighted by Crippen LogP contribution is -2.04. The first kappa shape index (κ1) is 12.5. The number of carbonyl (C=O) groups excluding carboxylic acids is 1. The lowest BCUT2D eigenvalue weighted by Gasteiger charge is -2.16. The van der Waals surface area contributed by atoms with Crippen LogP contribution in [0.2, 0.25) is 0 Å². The van der Waals surface area contributed by atoms with Gasteiger partial charge < -0.3 is 4.74 Å². The monoisotopic (exact) mass is 219 g/mol. The third-order valence-corrected chi connectivity index (χ3v) is 2.58. The van der Waals surface area contributed by atoms with Gasteiger partial charge in [0.15, 0.2) is 0 Å². The van der Waals surface area contributed by atoms with Crippen molar-refractivity contribution in [3.63, 3.8) is 0 Å². The lowest BCUT2D eigenvalue weighted by molar-refractivity contribution is 0.411. The van der Waals surface area contributed by atoms with Gasteiger partial charge in [0, 0.05) is 0 Å². The Kier molecular flexibility index (Phi) is 4.27. The maximum Gasteiger partial charge on any atom is 0.235 e. The predicted molar refractivity (Wildman–Crippen MR) is 63.4 cm³/mol. The summed E-state index contributed by atoms with van der Waals surface area (Å²) in [5.74, 6) is 1.12. The molecule has 0 heterocycles. The molecule has 0 spiro atoms. The zero-order chi connectivity index (χ0) is 12.1. The average Bonchev–Trinajstić information content (AvgIpc) is 2.25. The molecule has 0 aromatic heterocycles. The first-order chi connectivity index (χ1) is 7.60. The van der Waals surface area contributed by atoms with E-state index in [0.29, 0.717) is 0 Å². The van der Waals surface area contributed by atoms with Gasteiger partial charge >= 0.3 is 0 Å². The molecular formula is C13H17NO2. The fourth-order valence-electron chi connectivity index (χ4n) is 1.75. The first-order valence-corrected chi connectivity index (χ1v) is 5.31. The number of methoxy groups -OCH3 is 1. The minimum Gasteiger partial charge on any atom is -0.496 e. The molecule has 0 radical (unpaired) electrons. The van der Waals surface area contributed by atoms with Gasteiger partial charge in [0.2, 0.25) is 6.08 Å². The SMILES string of the molecule is COc1ccc(C(N=C=O)C(C)C)cc1C. The van der Waals surface area contributed by atoms with Crippen molar-refractivity contribution in [2.45, 2.75) is 26.8 Å². The van der Waals surface area contributed by atoms with E-state index in [4.69, 9.17) is 4.74 Å². The Morgan fingerprint density at radius 2 is 2.06 bits per heavy atom. The van der Waals surface area contributed by atoms with Crippen LogP contribution in [0.25, 0.3) is 0 Å². The topological polar surface area (TPSA) is 38.7 Å². The summed E-state index contributed by atoms with van der Waals surface area (Å²) in [5.41, 5.74) is 2.07. The van der Waals surface area contributed by atoms with Crippen molar-refractivity contribution in [1.82, 2.24) is 0 Å². The van der Waals surface area contributed by atoms with E-state index >= 15 is 0 Å². The van der Waals surface area contributed by atoms with E-state index in [0.717, 1.165) is 16.9 Å². The standard InChI is InChI=1S/C13H17NO2/c1-9(2)13(14-8-15)11-5-6-12(16-4)10(3)7-11/h5-7,9,13H,1-4H3. The number of isocyanates is 1. The Hall–Kier alpha value is -1.60. The van der Waals surface area contributed by atoms with E-state index in [9.17, 15) is 4.79 Å². The zero-order valence-corrected chi connectivity index (χ0v) is 10.2. The van der Waals surface area contributed by atoms with E-state index in [1.165, 1.54) is 0 Å². The maximum atomic E-state index is 10.4. The van der Waals surface area contributed by atoms with E-state index in [2.05, 4.69) is 4.99 Å². The highest BCUT2D eigenvalue weighted by Crippen LogP contribution is 2.29. The molecule has 3 nitrogen and oxygen atoms in total. The summed E-state index contributed by atoms with van der Waals surface area (Å²) < 4.78 is 5.19. The molecule has 1 aromatic rings. The van der Waals surface area contributed by atoms with Crippen LogP contribution in [-0.2, 0) is 4.79 Å². The number of ether oxygens (including phenoxy) is 1. The molecule has 1 unspecified atom stereocenters. The number of aliphatic imine (C=N–C) groups is 1. The molecule has 1 aromatic carbocycles. The molecular weight excluding hydrogens is 202 g/mol. The smallest absolute Gasteiger partial charge is 0.235 e. The van der Waals surface area contributed by atoms with Crippen LogP contribution in [0.4, 0.5) is 0 Å². The summed E-state index contributed by atoms with van der Waals surface area (Å²) in [6, 6.07) is 5.73. The number of benzene rings is 1. The van der Waals surface area contributed by atoms with Crippen LogP contribution in [0, 0.1) is 12.8 Å². The molecule has 86 valence electrons. The molecule has 0 N–H and O–H groups in total. The average molecular weight is 219 g/mol. The minimum atomic E-state index is -0.123. The summed E-state index contributed by atoms with van der Waals surface area (Å²) in [4.78, 5) is 14.2. The highest BCUT2D eigenvalue weighted by Gasteiger charge is 2.15. The van der Waals surface area contributed by atoms with Crippen LogP contribution in [0.15, 0.2) is 23.2 Å². The maximum absolute atomic E-state index is 10.4. The van der Waals surface area contributed by atoms with Crippen molar-refractivity contribution in [3.05, 3.63) is 29.3 Å². The molecule has 0 bridgehead atoms. The second kappa shape index (κ2) is 5.47. The number of hydrogen-bond donors (Lipinski definition) is 0. The van der Waals surface area contributed by atoms with Gasteiger partial charge in [-0.25, -0.2) is 4.79 Å². The van der Waals surface area contributed by atoms with Crippen LogP contribution in [-0.4, -0.2) is 13.2 Å². The van der Waals surface area contributed by atoms with Crippen molar-refractivity contribution < 1.29 is 9.53 Å². The number of hydrogen-bond acceptors (Lipinski definition) is 3. The van der Waals surface area contributed by atoms with Crippen molar-refractivity contribution in [2.24, 2.45) is 10.9 Å². The Labute approximate surface area is 96.2 Å². The van der Waals surface area contributed by atoms with Crippen LogP contribution in [0.3, 0.4) is 0 Å². The van der Waals surface area contributed by atoms with E-state index < -0.39 is 0 Å². The largest absolute Gasteiger partial charge is 0.496 e. The van der Waals surface area contributed by atoms with Crippen molar-refractivity contribution in [2.75, 3.05) is 7.11 Å². The number of nitrogens with zero attached hydrogens (tertiary/aromatic N) is 1. The molecule has 0 aliphatic heterocycles. The molecule has 0 aliphatic carbocycles. The second-order valence-corrected chi connectivity index (χ2v) is 4.14. The van der Waals surface area contributed by atoms with Gasteiger partial charge in [0.05, 0.1) is 13.2 Å². The van der Waals surface area contributed by atoms with Crippen LogP contribution in [0.5, 0.6) is 5.75 Å². The Balaban J connectivity index is 3.11. The van der Waals surface area contributed by atoms with Crippen LogP contribution >= 0.6 is 0 Å². The minimum absolute atomic E-state index is 0.123. The van der Waals surface area contributed by atoms with Crippen molar-refractivity contribution in [1.29, 1.82) is 0 Å². The van der Waals surface area contributed by atoms with Gasteiger partial charge in [-0.15, -0.1) is 0 Å². The Morgan fingerprint density at radius 1 is 1.38 bits per heavy atom. The highest BCUT2D eigenvalue weighted by atomic mass is 16.5. The van der Waals surface area contributed by atoms with Crippen molar-refractivity contribution >= 4 is 6.08 Å². The fourth-order valence-corrected chi connectivity index (χ4v) is 1.75. The third kappa shape index (κ3) is 2.71. The number of aryl methyl sites for hydroxylation is 1. The summed E-state index contributed by atoms with van der Waals surface area (Å²) in [5, 5.41) is 0. The molecule has 0 saturated heterocycles. The van der Waals surface area contributed by atoms with Gasteiger partial charge in [-0.1, -0.05) is 26.0 Å². The molecule has 1 atom stereocenters. The zero-order valence-electron chi connectivity index (χ0n) is 10.2. The van der Waals surface area contributed by atoms with Gasteiger partial charge in [-0.2, -0.15) is 4.99 Å². The summed E-state index contributed by atoms with van der Waals surface area (Å²) in [6.07, 6.45) is 1.64. The van der Waals surface area contributed by atoms with Crippen LogP contribution in [0.1, 0.15) is 31.0 Å². The molecule has 0 amide bonds. The van der Waals surface area contributed by atoms with E-state index in [1.807, 2.05) is 39.0 Å². The second-order valence-electron chi connectivity index (χ2n) is 4.14. The summed E-state index contributed by atoms with van der Waals surface area (Å²) >= 11 is 0. The number of rotatable bonds is 4. The van der Waals surface area contributed by atoms with Gasteiger partial charge in [-0.3, -0.25) is 0 Å². The molecule has 1 rings (SSSR count). The van der Waals surface area contributed by atoms with Crippen molar-refractivity contribution in [3.8, 4) is 5.75 Å². The van der Waals surface area contributed by atoms with E-state index in [1.54, 1.807) is 13.2 Å². The van der Waals surface area contributed by atoms with Gasteiger partial charge in [0.25, 0.3) is 0 Å². The van der Waals surface area contributed by atoms with Crippen LogP contribution < -0.4 is 4.74 Å². The first-order valence-electron chi connectivity index (χ1n) is 5.31. The normalized spacial score (nSPS) is 12.1. The summed E-state index contributed by atoms with van der Waals surface area (Å²) in [6.45, 7) is 6.04. The molecule has 16 heavy (non-hydrogen) atoms. The summed E-state index contributed by atoms with van der Waals surface area (Å²) in [7, 11) is 1.64. The Bertz CT molecular complexity index is 406. The van der Waals surface area contributed by atoms with Gasteiger partial charge in [-0.05, 0) is 30.0 Å². The lowest BCUT2D eigenvalue weighted by atomic mass is 9.95. The molecule has 0 fully saturated rings. The quantitative estimate of drug-likeness (QED) is 0.576. The highest BCUT2D eigenvalue weighted by molar-refractivity contribution is 5.40. The molecule has 0 saturated carbocycles. The van der Waals surface area contributed by atoms with E-state index in [-0.39, 0.29) is 12.0 Å². The third-order valence-electron chi connectivity index (χ3n) is 2.58. The fraction of sp³-hybridized carbons (Fsp3) is 0.462. The molecule has 3 heteroatoms. The van der Waals surface area contributed by atoms with Gasteiger partial charge in [0.1, 0.15) is 5.75 Å². The molecule has 0 aliphatic rings.